The molecule has 27 heavy (non-hydrogen) atoms. The quantitative estimate of drug-likeness (QED) is 0.747. The van der Waals surface area contributed by atoms with Crippen molar-refractivity contribution in [1.82, 2.24) is 5.32 Å². The van der Waals surface area contributed by atoms with Crippen molar-refractivity contribution >= 4 is 44.8 Å². The third-order valence-electron chi connectivity index (χ3n) is 4.10. The number of anilines is 1. The molecule has 146 valence electrons. The van der Waals surface area contributed by atoms with Gasteiger partial charge in [-0.3, -0.25) is 9.10 Å². The summed E-state index contributed by atoms with van der Waals surface area (Å²) in [5, 5.41) is 3.43. The van der Waals surface area contributed by atoms with Crippen molar-refractivity contribution < 1.29 is 13.2 Å². The van der Waals surface area contributed by atoms with Gasteiger partial charge in [-0.25, -0.2) is 8.42 Å². The Labute approximate surface area is 170 Å². The Kier molecular flexibility index (Phi) is 6.78. The van der Waals surface area contributed by atoms with Gasteiger partial charge in [0.05, 0.1) is 18.0 Å². The fraction of sp³-hybridized carbons (Fsp3) is 0.316. The summed E-state index contributed by atoms with van der Waals surface area (Å²) < 4.78 is 25.4. The van der Waals surface area contributed by atoms with E-state index in [0.29, 0.717) is 0 Å². The number of hydrogen-bond acceptors (Lipinski definition) is 3. The third kappa shape index (κ3) is 5.86. The molecule has 2 rings (SSSR count). The second kappa shape index (κ2) is 8.50. The molecule has 0 radical (unpaired) electrons. The number of amides is 1. The molecule has 1 N–H and O–H groups in total. The summed E-state index contributed by atoms with van der Waals surface area (Å²) in [6.07, 6.45) is 1.03. The smallest absolute Gasteiger partial charge is 0.241 e. The Hall–Kier alpha value is -1.76. The third-order valence-corrected chi connectivity index (χ3v) is 5.68. The van der Waals surface area contributed by atoms with Gasteiger partial charge >= 0.3 is 0 Å². The van der Waals surface area contributed by atoms with Crippen LogP contribution in [0.5, 0.6) is 0 Å². The highest BCUT2D eigenvalue weighted by Gasteiger charge is 2.23. The maximum Gasteiger partial charge on any atom is 0.241 e. The van der Waals surface area contributed by atoms with Gasteiger partial charge in [0.25, 0.3) is 0 Å². The molecule has 1 atom stereocenters. The van der Waals surface area contributed by atoms with Crippen LogP contribution in [0.4, 0.5) is 5.69 Å². The van der Waals surface area contributed by atoms with E-state index >= 15 is 0 Å². The first-order chi connectivity index (χ1) is 12.5. The predicted octanol–water partition coefficient (Wildman–Crippen LogP) is 4.25. The minimum atomic E-state index is -3.71. The average molecular weight is 429 g/mol. The lowest BCUT2D eigenvalue weighted by molar-refractivity contribution is -0.120. The van der Waals surface area contributed by atoms with Crippen LogP contribution < -0.4 is 9.62 Å². The molecule has 0 aliphatic rings. The number of nitrogens with one attached hydrogen (secondary N) is 1. The normalized spacial score (nSPS) is 12.5. The van der Waals surface area contributed by atoms with Crippen molar-refractivity contribution in [1.29, 1.82) is 0 Å². The van der Waals surface area contributed by atoms with Crippen molar-refractivity contribution in [2.75, 3.05) is 17.1 Å². The zero-order valence-electron chi connectivity index (χ0n) is 15.6. The summed E-state index contributed by atoms with van der Waals surface area (Å²) >= 11 is 11.9. The van der Waals surface area contributed by atoms with Crippen molar-refractivity contribution in [2.24, 2.45) is 0 Å². The van der Waals surface area contributed by atoms with Crippen LogP contribution in [0.1, 0.15) is 29.7 Å². The molecule has 5 nitrogen and oxygen atoms in total. The minimum absolute atomic E-state index is 0.240. The van der Waals surface area contributed by atoms with Crippen molar-refractivity contribution in [2.45, 2.75) is 26.8 Å². The van der Waals surface area contributed by atoms with Crippen LogP contribution in [0.15, 0.2) is 36.4 Å². The molecule has 0 aliphatic carbocycles. The van der Waals surface area contributed by atoms with Gasteiger partial charge in [0.1, 0.15) is 6.54 Å². The monoisotopic (exact) mass is 428 g/mol. The Morgan fingerprint density at radius 2 is 1.70 bits per heavy atom. The Morgan fingerprint density at radius 1 is 1.11 bits per heavy atom. The van der Waals surface area contributed by atoms with E-state index in [1.165, 1.54) is 18.2 Å². The molecule has 0 saturated heterocycles. The van der Waals surface area contributed by atoms with Crippen LogP contribution in [0.2, 0.25) is 10.0 Å². The lowest BCUT2D eigenvalue weighted by atomic mass is 10.00. The molecule has 2 aromatic carbocycles. The van der Waals surface area contributed by atoms with Crippen LogP contribution in [-0.4, -0.2) is 27.1 Å². The van der Waals surface area contributed by atoms with E-state index in [9.17, 15) is 13.2 Å². The number of carbonyl (C=O) groups excluding carboxylic acids is 1. The lowest BCUT2D eigenvalue weighted by Gasteiger charge is -2.24. The Morgan fingerprint density at radius 3 is 2.26 bits per heavy atom. The van der Waals surface area contributed by atoms with Gasteiger partial charge in [-0.05, 0) is 50.1 Å². The number of aryl methyl sites for hydroxylation is 2. The first-order valence-corrected chi connectivity index (χ1v) is 10.9. The molecular weight excluding hydrogens is 407 g/mol. The number of benzene rings is 2. The second-order valence-electron chi connectivity index (χ2n) is 6.55. The zero-order chi connectivity index (χ0) is 20.4. The van der Waals surface area contributed by atoms with Crippen LogP contribution in [0.3, 0.4) is 0 Å². The highest BCUT2D eigenvalue weighted by molar-refractivity contribution is 7.92. The van der Waals surface area contributed by atoms with Crippen LogP contribution in [0.25, 0.3) is 0 Å². The number of rotatable bonds is 6. The maximum absolute atomic E-state index is 12.5. The minimum Gasteiger partial charge on any atom is -0.348 e. The summed E-state index contributed by atoms with van der Waals surface area (Å²) in [6.45, 7) is 5.44. The Balaban J connectivity index is 2.23. The zero-order valence-corrected chi connectivity index (χ0v) is 17.9. The summed E-state index contributed by atoms with van der Waals surface area (Å²) in [5.41, 5.74) is 3.36. The summed E-state index contributed by atoms with van der Waals surface area (Å²) in [4.78, 5) is 12.5. The van der Waals surface area contributed by atoms with Crippen LogP contribution in [-0.2, 0) is 14.8 Å². The number of halogens is 2. The molecule has 0 aromatic heterocycles. The van der Waals surface area contributed by atoms with Crippen molar-refractivity contribution in [3.63, 3.8) is 0 Å². The first-order valence-electron chi connectivity index (χ1n) is 8.27. The van der Waals surface area contributed by atoms with Gasteiger partial charge in [-0.1, -0.05) is 47.0 Å². The molecular formula is C19H22Cl2N2O3S. The molecule has 0 aliphatic heterocycles. The molecule has 0 saturated carbocycles. The molecule has 1 amide bonds. The molecule has 8 heteroatoms. The summed E-state index contributed by atoms with van der Waals surface area (Å²) in [5.74, 6) is -0.426. The van der Waals surface area contributed by atoms with Gasteiger partial charge in [0.15, 0.2) is 0 Å². The van der Waals surface area contributed by atoms with Gasteiger partial charge < -0.3 is 5.32 Å². The van der Waals surface area contributed by atoms with E-state index in [2.05, 4.69) is 5.32 Å². The molecule has 0 spiro atoms. The molecule has 0 heterocycles. The molecule has 2 aromatic rings. The van der Waals surface area contributed by atoms with Gasteiger partial charge in [0.2, 0.25) is 15.9 Å². The SMILES string of the molecule is Cc1ccc(C)c(C(C)NC(=O)CN(c2cc(Cl)cc(Cl)c2)S(C)(=O)=O)c1. The van der Waals surface area contributed by atoms with E-state index in [0.717, 1.165) is 27.3 Å². The van der Waals surface area contributed by atoms with Gasteiger partial charge in [0, 0.05) is 10.0 Å². The standard InChI is InChI=1S/C19H22Cl2N2O3S/c1-12-5-6-13(2)18(7-12)14(3)22-19(24)11-23(27(4,25)26)17-9-15(20)8-16(21)10-17/h5-10,14H,11H2,1-4H3,(H,22,24). The van der Waals surface area contributed by atoms with E-state index in [1.54, 1.807) is 0 Å². The number of nitrogens with zero attached hydrogens (tertiary/aromatic N) is 1. The van der Waals surface area contributed by atoms with E-state index in [1.807, 2.05) is 39.0 Å². The van der Waals surface area contributed by atoms with Crippen LogP contribution in [0, 0.1) is 13.8 Å². The summed E-state index contributed by atoms with van der Waals surface area (Å²) in [7, 11) is -3.71. The van der Waals surface area contributed by atoms with Crippen LogP contribution >= 0.6 is 23.2 Å². The first kappa shape index (κ1) is 21.5. The van der Waals surface area contributed by atoms with Gasteiger partial charge in [-0.2, -0.15) is 0 Å². The summed E-state index contributed by atoms with van der Waals surface area (Å²) in [6, 6.07) is 10.1. The average Bonchev–Trinajstić information content (AvgIpc) is 2.52. The maximum atomic E-state index is 12.5. The lowest BCUT2D eigenvalue weighted by Crippen LogP contribution is -2.41. The van der Waals surface area contributed by atoms with Crippen molar-refractivity contribution in [3.05, 3.63) is 63.1 Å². The number of sulfonamides is 1. The highest BCUT2D eigenvalue weighted by Crippen LogP contribution is 2.27. The van der Waals surface area contributed by atoms with Gasteiger partial charge in [-0.15, -0.1) is 0 Å². The Bertz CT molecular complexity index is 941. The van der Waals surface area contributed by atoms with E-state index < -0.39 is 15.9 Å². The predicted molar refractivity (Wildman–Crippen MR) is 111 cm³/mol. The van der Waals surface area contributed by atoms with E-state index in [-0.39, 0.29) is 28.3 Å². The molecule has 0 fully saturated rings. The number of carbonyl (C=O) groups is 1. The van der Waals surface area contributed by atoms with E-state index in [4.69, 9.17) is 23.2 Å². The molecule has 0 bridgehead atoms. The topological polar surface area (TPSA) is 66.5 Å². The second-order valence-corrected chi connectivity index (χ2v) is 9.33. The molecule has 1 unspecified atom stereocenters. The fourth-order valence-electron chi connectivity index (χ4n) is 2.80. The highest BCUT2D eigenvalue weighted by atomic mass is 35.5. The largest absolute Gasteiger partial charge is 0.348 e. The number of hydrogen-bond donors (Lipinski definition) is 1. The fourth-order valence-corrected chi connectivity index (χ4v) is 4.16. The van der Waals surface area contributed by atoms with Crippen molar-refractivity contribution in [3.8, 4) is 0 Å².